The summed E-state index contributed by atoms with van der Waals surface area (Å²) in [6.45, 7) is 6.48. The molecule has 0 fully saturated rings. The van der Waals surface area contributed by atoms with E-state index in [0.29, 0.717) is 6.61 Å². The number of nitrogens with one attached hydrogen (secondary N) is 1. The second kappa shape index (κ2) is 7.47. The summed E-state index contributed by atoms with van der Waals surface area (Å²) >= 11 is 0. The Morgan fingerprint density at radius 3 is 2.88 bits per heavy atom. The first-order valence-electron chi connectivity index (χ1n) is 6.08. The second-order valence-electron chi connectivity index (χ2n) is 4.08. The van der Waals surface area contributed by atoms with E-state index in [1.165, 1.54) is 18.4 Å². The molecule has 3 nitrogen and oxygen atoms in total. The molecule has 16 heavy (non-hydrogen) atoms. The molecule has 0 saturated heterocycles. The van der Waals surface area contributed by atoms with Gasteiger partial charge in [0.15, 0.2) is 0 Å². The molecule has 0 amide bonds. The molecule has 1 aromatic rings. The minimum Gasteiger partial charge on any atom is -0.465 e. The first-order chi connectivity index (χ1) is 7.77. The van der Waals surface area contributed by atoms with Gasteiger partial charge in [-0.05, 0) is 26.5 Å². The van der Waals surface area contributed by atoms with E-state index in [9.17, 15) is 0 Å². The van der Waals surface area contributed by atoms with Gasteiger partial charge in [-0.15, -0.1) is 0 Å². The van der Waals surface area contributed by atoms with Gasteiger partial charge < -0.3 is 14.5 Å². The zero-order chi connectivity index (χ0) is 11.8. The molecule has 1 aromatic heterocycles. The fourth-order valence-corrected chi connectivity index (χ4v) is 1.63. The van der Waals surface area contributed by atoms with Crippen LogP contribution in [-0.4, -0.2) is 13.7 Å². The highest BCUT2D eigenvalue weighted by molar-refractivity contribution is 5.19. The van der Waals surface area contributed by atoms with E-state index in [1.54, 1.807) is 0 Å². The maximum Gasteiger partial charge on any atom is 0.118 e. The summed E-state index contributed by atoms with van der Waals surface area (Å²) in [6, 6.07) is 2.08. The fourth-order valence-electron chi connectivity index (χ4n) is 1.63. The molecular weight excluding hydrogens is 202 g/mol. The van der Waals surface area contributed by atoms with Crippen LogP contribution < -0.4 is 5.32 Å². The molecule has 0 aliphatic rings. The summed E-state index contributed by atoms with van der Waals surface area (Å²) in [5.41, 5.74) is 1.17. The molecule has 0 aliphatic heterocycles. The Labute approximate surface area is 98.2 Å². The van der Waals surface area contributed by atoms with Gasteiger partial charge in [-0.2, -0.15) is 0 Å². The molecule has 0 radical (unpaired) electrons. The molecule has 0 aromatic carbocycles. The minimum atomic E-state index is 0.669. The van der Waals surface area contributed by atoms with Crippen LogP contribution in [0.1, 0.15) is 43.3 Å². The van der Waals surface area contributed by atoms with Crippen molar-refractivity contribution >= 4 is 0 Å². The Kier molecular flexibility index (Phi) is 6.19. The molecule has 1 heterocycles. The second-order valence-corrected chi connectivity index (χ2v) is 4.08. The molecule has 92 valence electrons. The monoisotopic (exact) mass is 225 g/mol. The van der Waals surface area contributed by atoms with Gasteiger partial charge in [0, 0.05) is 12.2 Å². The lowest BCUT2D eigenvalue weighted by Crippen LogP contribution is -2.03. The van der Waals surface area contributed by atoms with Crippen LogP contribution in [0, 0.1) is 6.92 Å². The quantitative estimate of drug-likeness (QED) is 0.691. The van der Waals surface area contributed by atoms with Crippen molar-refractivity contribution in [3.05, 3.63) is 23.2 Å². The third-order valence-electron chi connectivity index (χ3n) is 2.57. The molecule has 0 saturated carbocycles. The van der Waals surface area contributed by atoms with Crippen LogP contribution in [0.15, 0.2) is 10.5 Å². The Hall–Kier alpha value is -0.800. The minimum absolute atomic E-state index is 0.669. The van der Waals surface area contributed by atoms with Crippen LogP contribution in [-0.2, 0) is 17.9 Å². The van der Waals surface area contributed by atoms with Crippen molar-refractivity contribution in [2.75, 3.05) is 13.7 Å². The molecule has 1 rings (SSSR count). The van der Waals surface area contributed by atoms with Gasteiger partial charge in [-0.3, -0.25) is 0 Å². The lowest BCUT2D eigenvalue weighted by Gasteiger charge is -2.01. The van der Waals surface area contributed by atoms with Crippen molar-refractivity contribution in [1.82, 2.24) is 5.32 Å². The van der Waals surface area contributed by atoms with Crippen LogP contribution >= 0.6 is 0 Å². The van der Waals surface area contributed by atoms with E-state index < -0.39 is 0 Å². The van der Waals surface area contributed by atoms with Crippen molar-refractivity contribution in [2.45, 2.75) is 46.3 Å². The van der Waals surface area contributed by atoms with E-state index in [1.807, 2.05) is 14.0 Å². The van der Waals surface area contributed by atoms with Gasteiger partial charge >= 0.3 is 0 Å². The Morgan fingerprint density at radius 1 is 1.38 bits per heavy atom. The Morgan fingerprint density at radius 2 is 2.19 bits per heavy atom. The average Bonchev–Trinajstić information content (AvgIpc) is 2.60. The lowest BCUT2D eigenvalue weighted by atomic mass is 10.2. The van der Waals surface area contributed by atoms with Crippen molar-refractivity contribution in [3.8, 4) is 0 Å². The molecule has 0 aliphatic carbocycles. The van der Waals surface area contributed by atoms with E-state index in [0.717, 1.165) is 31.1 Å². The summed E-state index contributed by atoms with van der Waals surface area (Å²) < 4.78 is 11.2. The first kappa shape index (κ1) is 13.3. The molecule has 0 bridgehead atoms. The van der Waals surface area contributed by atoms with Crippen molar-refractivity contribution in [3.63, 3.8) is 0 Å². The summed E-state index contributed by atoms with van der Waals surface area (Å²) in [5, 5.41) is 3.07. The maximum atomic E-state index is 5.61. The third kappa shape index (κ3) is 4.37. The largest absolute Gasteiger partial charge is 0.465 e. The average molecular weight is 225 g/mol. The third-order valence-corrected chi connectivity index (χ3v) is 2.57. The molecular formula is C13H23NO2. The van der Waals surface area contributed by atoms with Gasteiger partial charge in [0.05, 0.1) is 13.2 Å². The highest BCUT2D eigenvalue weighted by atomic mass is 16.5. The van der Waals surface area contributed by atoms with Crippen LogP contribution in [0.5, 0.6) is 0 Å². The molecule has 1 N–H and O–H groups in total. The van der Waals surface area contributed by atoms with E-state index in [-0.39, 0.29) is 0 Å². The topological polar surface area (TPSA) is 34.4 Å². The van der Waals surface area contributed by atoms with E-state index in [2.05, 4.69) is 18.3 Å². The van der Waals surface area contributed by atoms with E-state index >= 15 is 0 Å². The number of hydrogen-bond donors (Lipinski definition) is 1. The fraction of sp³-hybridized carbons (Fsp3) is 0.692. The van der Waals surface area contributed by atoms with E-state index in [4.69, 9.17) is 9.15 Å². The lowest BCUT2D eigenvalue weighted by molar-refractivity contribution is 0.116. The highest BCUT2D eigenvalue weighted by Crippen LogP contribution is 2.15. The summed E-state index contributed by atoms with van der Waals surface area (Å²) in [4.78, 5) is 0. The number of aryl methyl sites for hydroxylation is 1. The van der Waals surface area contributed by atoms with Crippen LogP contribution in [0.4, 0.5) is 0 Å². The van der Waals surface area contributed by atoms with Crippen LogP contribution in [0.2, 0.25) is 0 Å². The van der Waals surface area contributed by atoms with Crippen LogP contribution in [0.25, 0.3) is 0 Å². The standard InChI is InChI=1S/C13H23NO2/c1-4-5-6-7-15-10-12-8-13(9-14-3)16-11(12)2/h8,14H,4-7,9-10H2,1-3H3. The van der Waals surface area contributed by atoms with Gasteiger partial charge in [0.2, 0.25) is 0 Å². The van der Waals surface area contributed by atoms with Gasteiger partial charge in [0.1, 0.15) is 11.5 Å². The predicted octanol–water partition coefficient (Wildman–Crippen LogP) is 3.01. The highest BCUT2D eigenvalue weighted by Gasteiger charge is 2.06. The smallest absolute Gasteiger partial charge is 0.118 e. The predicted molar refractivity (Wildman–Crippen MR) is 65.4 cm³/mol. The number of rotatable bonds is 8. The zero-order valence-corrected chi connectivity index (χ0v) is 10.6. The number of unbranched alkanes of at least 4 members (excludes halogenated alkanes) is 2. The molecule has 0 unspecified atom stereocenters. The molecule has 0 spiro atoms. The van der Waals surface area contributed by atoms with Crippen molar-refractivity contribution < 1.29 is 9.15 Å². The van der Waals surface area contributed by atoms with Gasteiger partial charge in [0.25, 0.3) is 0 Å². The first-order valence-corrected chi connectivity index (χ1v) is 6.08. The van der Waals surface area contributed by atoms with Crippen LogP contribution in [0.3, 0.4) is 0 Å². The molecule has 0 atom stereocenters. The summed E-state index contributed by atoms with van der Waals surface area (Å²) in [7, 11) is 1.92. The number of furan rings is 1. The normalized spacial score (nSPS) is 10.9. The summed E-state index contributed by atoms with van der Waals surface area (Å²) in [6.07, 6.45) is 3.63. The Balaban J connectivity index is 2.30. The van der Waals surface area contributed by atoms with Gasteiger partial charge in [-0.25, -0.2) is 0 Å². The number of hydrogen-bond acceptors (Lipinski definition) is 3. The SMILES string of the molecule is CCCCCOCc1cc(CNC)oc1C. The number of ether oxygens (including phenoxy) is 1. The van der Waals surface area contributed by atoms with Gasteiger partial charge in [-0.1, -0.05) is 19.8 Å². The summed E-state index contributed by atoms with van der Waals surface area (Å²) in [5.74, 6) is 1.95. The van der Waals surface area contributed by atoms with Crippen molar-refractivity contribution in [2.24, 2.45) is 0 Å². The maximum absolute atomic E-state index is 5.61. The van der Waals surface area contributed by atoms with Crippen molar-refractivity contribution in [1.29, 1.82) is 0 Å². The Bertz CT molecular complexity index is 294. The zero-order valence-electron chi connectivity index (χ0n) is 10.6. The molecule has 3 heteroatoms.